The molecule has 3 heterocycles. The Kier molecular flexibility index (Phi) is 7.99. The van der Waals surface area contributed by atoms with Crippen molar-refractivity contribution in [2.24, 2.45) is 5.92 Å². The van der Waals surface area contributed by atoms with Crippen LogP contribution in [0.4, 0.5) is 5.69 Å². The summed E-state index contributed by atoms with van der Waals surface area (Å²) in [6, 6.07) is 37.1. The lowest BCUT2D eigenvalue weighted by Crippen LogP contribution is -2.62. The number of ether oxygens (including phenoxy) is 2. The number of carbonyl (C=O) groups is 3. The summed E-state index contributed by atoms with van der Waals surface area (Å²) in [6.07, 6.45) is 2.83. The first-order chi connectivity index (χ1) is 23.0. The predicted molar refractivity (Wildman–Crippen MR) is 176 cm³/mol. The molecule has 8 heteroatoms. The molecule has 0 N–H and O–H groups in total. The van der Waals surface area contributed by atoms with Crippen LogP contribution in [0.15, 0.2) is 127 Å². The molecule has 1 spiro atoms. The number of carbonyl (C=O) groups excluding carboxylic acids is 3. The summed E-state index contributed by atoms with van der Waals surface area (Å²) in [4.78, 5) is 50.6. The number of hydrogen-bond acceptors (Lipinski definition) is 7. The number of nitrogens with zero attached hydrogens (tertiary/aromatic N) is 2. The van der Waals surface area contributed by atoms with Crippen LogP contribution >= 0.6 is 0 Å². The molecule has 3 aliphatic heterocycles. The van der Waals surface area contributed by atoms with Crippen LogP contribution in [0.5, 0.6) is 0 Å². The number of fused-ring (bicyclic) bond motifs is 5. The largest absolute Gasteiger partial charge is 0.466 e. The molecule has 2 saturated heterocycles. The molecule has 1 unspecified atom stereocenters. The summed E-state index contributed by atoms with van der Waals surface area (Å²) in [5.74, 6) is -2.25. The summed E-state index contributed by atoms with van der Waals surface area (Å²) < 4.78 is 10.8. The van der Waals surface area contributed by atoms with Crippen molar-refractivity contribution >= 4 is 23.5 Å². The standard InChI is InChI=1S/C39H36N2O6/c1-3-45-34(42)25-24-30-26-33-35(36(43)46-4-2)39(41(30)47-33)31-22-14-15-23-32(31)40(37(39)44)38(27-16-8-5-9-17-27,28-18-10-6-11-19-28)29-20-12-7-13-21-29/h5-25,30,33,35H,3-4,26H2,1-2H3/b25-24+/t30-,33+,35-,39+/m1/s1. The Bertz CT molecular complexity index is 1710. The second-order valence-electron chi connectivity index (χ2n) is 11.8. The molecule has 2 bridgehead atoms. The Morgan fingerprint density at radius 2 is 1.34 bits per heavy atom. The van der Waals surface area contributed by atoms with Crippen molar-refractivity contribution in [3.63, 3.8) is 0 Å². The Hall–Kier alpha value is -5.05. The minimum absolute atomic E-state index is 0.159. The number of hydrogen-bond donors (Lipinski definition) is 0. The Morgan fingerprint density at radius 1 is 0.809 bits per heavy atom. The van der Waals surface area contributed by atoms with E-state index in [1.807, 2.05) is 120 Å². The van der Waals surface area contributed by atoms with Crippen LogP contribution in [0, 0.1) is 5.92 Å². The lowest BCUT2D eigenvalue weighted by Gasteiger charge is -2.46. The van der Waals surface area contributed by atoms with E-state index in [-0.39, 0.29) is 19.1 Å². The van der Waals surface area contributed by atoms with Crippen molar-refractivity contribution in [2.75, 3.05) is 18.1 Å². The third-order valence-electron chi connectivity index (χ3n) is 9.47. The molecule has 4 aromatic carbocycles. The normalized spacial score (nSPS) is 24.6. The van der Waals surface area contributed by atoms with Gasteiger partial charge in [-0.3, -0.25) is 19.3 Å². The molecule has 5 atom stereocenters. The molecule has 8 nitrogen and oxygen atoms in total. The Labute approximate surface area is 274 Å². The Morgan fingerprint density at radius 3 is 1.89 bits per heavy atom. The van der Waals surface area contributed by atoms with Crippen molar-refractivity contribution in [3.05, 3.63) is 150 Å². The van der Waals surface area contributed by atoms with Gasteiger partial charge in [0.2, 0.25) is 0 Å². The van der Waals surface area contributed by atoms with E-state index in [2.05, 4.69) is 0 Å². The SMILES string of the molecule is CCOC(=O)/C=C/[C@@H]1C[C@@H]2ON1[C@]1(C(=O)N(C(c3ccccc3)(c3ccccc3)c3ccccc3)c3ccccc31)[C@H]2C(=O)OCC. The summed E-state index contributed by atoms with van der Waals surface area (Å²) in [5.41, 5.74) is 1.23. The van der Waals surface area contributed by atoms with E-state index in [4.69, 9.17) is 14.3 Å². The van der Waals surface area contributed by atoms with Gasteiger partial charge >= 0.3 is 11.9 Å². The maximum absolute atomic E-state index is 15.9. The molecular weight excluding hydrogens is 592 g/mol. The molecule has 0 saturated carbocycles. The van der Waals surface area contributed by atoms with Gasteiger partial charge in [-0.15, -0.1) is 0 Å². The maximum atomic E-state index is 15.9. The number of hydroxylamine groups is 2. The van der Waals surface area contributed by atoms with Crippen LogP contribution in [-0.4, -0.2) is 48.3 Å². The van der Waals surface area contributed by atoms with Crippen molar-refractivity contribution in [3.8, 4) is 0 Å². The van der Waals surface area contributed by atoms with E-state index in [0.29, 0.717) is 17.7 Å². The molecule has 3 aliphatic rings. The topological polar surface area (TPSA) is 85.4 Å². The highest BCUT2D eigenvalue weighted by Gasteiger charge is 2.75. The molecule has 47 heavy (non-hydrogen) atoms. The molecule has 1 amide bonds. The molecule has 0 aromatic heterocycles. The molecule has 4 aromatic rings. The second-order valence-corrected chi connectivity index (χ2v) is 11.8. The first kappa shape index (κ1) is 30.6. The predicted octanol–water partition coefficient (Wildman–Crippen LogP) is 5.91. The quantitative estimate of drug-likeness (QED) is 0.130. The molecule has 0 radical (unpaired) electrons. The number of esters is 2. The van der Waals surface area contributed by atoms with Gasteiger partial charge in [0, 0.05) is 11.6 Å². The lowest BCUT2D eigenvalue weighted by molar-refractivity contribution is -0.176. The van der Waals surface area contributed by atoms with Crippen LogP contribution < -0.4 is 4.90 Å². The zero-order valence-corrected chi connectivity index (χ0v) is 26.3. The summed E-state index contributed by atoms with van der Waals surface area (Å²) in [7, 11) is 0. The monoisotopic (exact) mass is 628 g/mol. The van der Waals surface area contributed by atoms with Gasteiger partial charge in [0.15, 0.2) is 5.54 Å². The third kappa shape index (κ3) is 4.54. The number of rotatable bonds is 9. The van der Waals surface area contributed by atoms with Crippen molar-refractivity contribution in [1.82, 2.24) is 5.06 Å². The minimum atomic E-state index is -1.57. The second kappa shape index (κ2) is 12.3. The number of benzene rings is 4. The number of anilines is 1. The zero-order valence-electron chi connectivity index (χ0n) is 26.3. The first-order valence-electron chi connectivity index (χ1n) is 16.1. The van der Waals surface area contributed by atoms with E-state index in [1.54, 1.807) is 25.0 Å². The van der Waals surface area contributed by atoms with Crippen LogP contribution in [0.1, 0.15) is 42.5 Å². The average Bonchev–Trinajstić information content (AvgIpc) is 3.75. The lowest BCUT2D eigenvalue weighted by atomic mass is 9.71. The first-order valence-corrected chi connectivity index (χ1v) is 16.1. The fraction of sp³-hybridized carbons (Fsp3) is 0.256. The van der Waals surface area contributed by atoms with E-state index in [0.717, 1.165) is 16.7 Å². The molecule has 7 rings (SSSR count). The van der Waals surface area contributed by atoms with Crippen molar-refractivity contribution in [2.45, 2.75) is 43.5 Å². The van der Waals surface area contributed by atoms with Crippen molar-refractivity contribution < 1.29 is 28.7 Å². The van der Waals surface area contributed by atoms with Gasteiger partial charge in [0.1, 0.15) is 11.5 Å². The van der Waals surface area contributed by atoms with Crippen LogP contribution in [0.25, 0.3) is 0 Å². The van der Waals surface area contributed by atoms with Gasteiger partial charge in [-0.25, -0.2) is 4.79 Å². The van der Waals surface area contributed by atoms with Gasteiger partial charge in [0.25, 0.3) is 5.91 Å². The summed E-state index contributed by atoms with van der Waals surface area (Å²) in [5, 5.41) is 1.64. The minimum Gasteiger partial charge on any atom is -0.466 e. The van der Waals surface area contributed by atoms with Gasteiger partial charge in [-0.2, -0.15) is 5.06 Å². The highest BCUT2D eigenvalue weighted by molar-refractivity contribution is 6.12. The molecule has 238 valence electrons. The van der Waals surface area contributed by atoms with Gasteiger partial charge in [-0.1, -0.05) is 115 Å². The van der Waals surface area contributed by atoms with Crippen LogP contribution in [-0.2, 0) is 39.8 Å². The van der Waals surface area contributed by atoms with E-state index in [9.17, 15) is 9.59 Å². The third-order valence-corrected chi connectivity index (χ3v) is 9.47. The Balaban J connectivity index is 1.51. The average molecular weight is 629 g/mol. The highest BCUT2D eigenvalue weighted by atomic mass is 16.7. The fourth-order valence-corrected chi connectivity index (χ4v) is 7.80. The summed E-state index contributed by atoms with van der Waals surface area (Å²) in [6.45, 7) is 3.90. The van der Waals surface area contributed by atoms with Gasteiger partial charge in [0.05, 0.1) is 31.0 Å². The zero-order chi connectivity index (χ0) is 32.6. The van der Waals surface area contributed by atoms with Crippen molar-refractivity contribution in [1.29, 1.82) is 0 Å². The van der Waals surface area contributed by atoms with Crippen LogP contribution in [0.3, 0.4) is 0 Å². The number of amides is 1. The van der Waals surface area contributed by atoms with E-state index >= 15 is 4.79 Å². The molecule has 0 aliphatic carbocycles. The van der Waals surface area contributed by atoms with E-state index in [1.165, 1.54) is 6.08 Å². The number of para-hydroxylation sites is 1. The van der Waals surface area contributed by atoms with Gasteiger partial charge < -0.3 is 9.47 Å². The molecular formula is C39H36N2O6. The maximum Gasteiger partial charge on any atom is 0.330 e. The fourth-order valence-electron chi connectivity index (χ4n) is 7.80. The number of piperidine rings is 1. The summed E-state index contributed by atoms with van der Waals surface area (Å²) >= 11 is 0. The smallest absolute Gasteiger partial charge is 0.330 e. The molecule has 2 fully saturated rings. The van der Waals surface area contributed by atoms with E-state index < -0.39 is 41.1 Å². The van der Waals surface area contributed by atoms with Crippen LogP contribution in [0.2, 0.25) is 0 Å². The van der Waals surface area contributed by atoms with Gasteiger partial charge in [-0.05, 0) is 43.0 Å². The highest BCUT2D eigenvalue weighted by Crippen LogP contribution is 2.62.